The molecule has 0 atom stereocenters. The summed E-state index contributed by atoms with van der Waals surface area (Å²) in [6.45, 7) is 9.40. The lowest BCUT2D eigenvalue weighted by atomic mass is 9.98. The van der Waals surface area contributed by atoms with E-state index in [4.69, 9.17) is 24.4 Å². The second-order valence-corrected chi connectivity index (χ2v) is 8.18. The van der Waals surface area contributed by atoms with Gasteiger partial charge < -0.3 is 9.80 Å². The van der Waals surface area contributed by atoms with Gasteiger partial charge in [-0.1, -0.05) is 30.3 Å². The predicted molar refractivity (Wildman–Crippen MR) is 143 cm³/mol. The summed E-state index contributed by atoms with van der Waals surface area (Å²) in [7, 11) is 0. The first kappa shape index (κ1) is 30.0. The maximum absolute atomic E-state index is 15.0. The summed E-state index contributed by atoms with van der Waals surface area (Å²) in [5.41, 5.74) is 3.19. The molecule has 0 amide bonds. The van der Waals surface area contributed by atoms with Crippen molar-refractivity contribution in [3.8, 4) is 0 Å². The fourth-order valence-electron chi connectivity index (χ4n) is 3.26. The predicted octanol–water partition coefficient (Wildman–Crippen LogP) is 4.92. The van der Waals surface area contributed by atoms with E-state index in [1.54, 1.807) is 28.0 Å². The minimum Gasteiger partial charge on any atom is -0.348 e. The van der Waals surface area contributed by atoms with E-state index in [9.17, 15) is 22.0 Å². The van der Waals surface area contributed by atoms with Crippen LogP contribution in [0.3, 0.4) is 0 Å². The average Bonchev–Trinajstić information content (AvgIpc) is 2.91. The molecule has 0 unspecified atom stereocenters. The number of halogens is 5. The van der Waals surface area contributed by atoms with Gasteiger partial charge in [-0.15, -0.1) is 0 Å². The Kier molecular flexibility index (Phi) is 11.3. The van der Waals surface area contributed by atoms with Gasteiger partial charge in [0, 0.05) is 31.7 Å². The van der Waals surface area contributed by atoms with Crippen LogP contribution < -0.4 is 10.9 Å². The molecule has 2 aromatic carbocycles. The van der Waals surface area contributed by atoms with Crippen LogP contribution in [0.15, 0.2) is 40.5 Å². The number of rotatable bonds is 9. The van der Waals surface area contributed by atoms with Crippen LogP contribution in [0.4, 0.5) is 22.0 Å². The van der Waals surface area contributed by atoms with E-state index in [1.807, 2.05) is 27.7 Å². The van der Waals surface area contributed by atoms with Crippen molar-refractivity contribution in [3.05, 3.63) is 70.5 Å². The summed E-state index contributed by atoms with van der Waals surface area (Å²) < 4.78 is 72.3. The van der Waals surface area contributed by atoms with Crippen molar-refractivity contribution in [2.45, 2.75) is 27.7 Å². The van der Waals surface area contributed by atoms with Gasteiger partial charge in [-0.3, -0.25) is 10.9 Å². The standard InChI is InChI=1S/C24H27F5N6S2/c1-5-34(6-2)23(36)32-30-21(14-12-10-9-11-13-14)22(31-33-24(37)35(7-3)8-4)15-16(25)18(27)20(29)19(28)17(15)26/h9-13H,5-8H2,1-4H3,(H,32,36)(H,33,37). The van der Waals surface area contributed by atoms with Gasteiger partial charge in [-0.2, -0.15) is 10.2 Å². The molecule has 0 aliphatic heterocycles. The molecule has 0 saturated heterocycles. The van der Waals surface area contributed by atoms with Crippen LogP contribution in [0.5, 0.6) is 0 Å². The number of hydrazone groups is 2. The number of hydrogen-bond donors (Lipinski definition) is 2. The highest BCUT2D eigenvalue weighted by atomic mass is 32.1. The molecule has 0 aliphatic rings. The highest BCUT2D eigenvalue weighted by Crippen LogP contribution is 2.25. The maximum Gasteiger partial charge on any atom is 0.200 e. The minimum absolute atomic E-state index is 0.0744. The molecule has 0 saturated carbocycles. The molecule has 0 spiro atoms. The Bertz CT molecular complexity index is 1150. The first-order chi connectivity index (χ1) is 17.6. The fourth-order valence-corrected chi connectivity index (χ4v) is 3.87. The van der Waals surface area contributed by atoms with E-state index in [0.717, 1.165) is 0 Å². The van der Waals surface area contributed by atoms with Crippen molar-refractivity contribution >= 4 is 46.1 Å². The Morgan fingerprint density at radius 3 is 1.43 bits per heavy atom. The monoisotopic (exact) mass is 558 g/mol. The first-order valence-electron chi connectivity index (χ1n) is 11.4. The molecule has 0 aliphatic carbocycles. The van der Waals surface area contributed by atoms with Crippen molar-refractivity contribution in [2.24, 2.45) is 10.2 Å². The van der Waals surface area contributed by atoms with Crippen molar-refractivity contribution < 1.29 is 22.0 Å². The van der Waals surface area contributed by atoms with Crippen LogP contribution in [0, 0.1) is 29.1 Å². The summed E-state index contributed by atoms with van der Waals surface area (Å²) in [4.78, 5) is 3.41. The van der Waals surface area contributed by atoms with Crippen LogP contribution in [-0.2, 0) is 0 Å². The van der Waals surface area contributed by atoms with Gasteiger partial charge in [0.25, 0.3) is 0 Å². The topological polar surface area (TPSA) is 55.3 Å². The molecule has 0 fully saturated rings. The molecule has 200 valence electrons. The lowest BCUT2D eigenvalue weighted by Crippen LogP contribution is -2.39. The molecule has 2 N–H and O–H groups in total. The van der Waals surface area contributed by atoms with Crippen molar-refractivity contribution in [3.63, 3.8) is 0 Å². The van der Waals surface area contributed by atoms with Crippen molar-refractivity contribution in [1.82, 2.24) is 20.7 Å². The van der Waals surface area contributed by atoms with Gasteiger partial charge >= 0.3 is 0 Å². The molecular formula is C24H27F5N6S2. The van der Waals surface area contributed by atoms with Gasteiger partial charge in [0.05, 0.1) is 5.56 Å². The molecular weight excluding hydrogens is 531 g/mol. The van der Waals surface area contributed by atoms with Crippen LogP contribution in [0.1, 0.15) is 38.8 Å². The van der Waals surface area contributed by atoms with E-state index >= 15 is 0 Å². The van der Waals surface area contributed by atoms with Crippen LogP contribution in [-0.4, -0.2) is 57.6 Å². The van der Waals surface area contributed by atoms with E-state index in [0.29, 0.717) is 26.2 Å². The Hall–Kier alpha value is -3.19. The molecule has 2 rings (SSSR count). The second-order valence-electron chi connectivity index (χ2n) is 7.41. The molecule has 0 aromatic heterocycles. The minimum atomic E-state index is -2.29. The zero-order valence-electron chi connectivity index (χ0n) is 20.7. The Labute approximate surface area is 223 Å². The summed E-state index contributed by atoms with van der Waals surface area (Å²) in [6, 6.07) is 7.96. The van der Waals surface area contributed by atoms with E-state index in [-0.39, 0.29) is 21.5 Å². The highest BCUT2D eigenvalue weighted by molar-refractivity contribution is 7.80. The SMILES string of the molecule is CCN(CC)C(=S)NN=C(C(=NNC(=S)N(CC)CC)c1c(F)c(F)c(F)c(F)c1F)c1ccccc1. The number of thiocarbonyl (C=S) groups is 2. The third-order valence-corrected chi connectivity index (χ3v) is 6.05. The molecule has 0 heterocycles. The van der Waals surface area contributed by atoms with Gasteiger partial charge in [-0.05, 0) is 52.1 Å². The molecule has 0 radical (unpaired) electrons. The van der Waals surface area contributed by atoms with Crippen molar-refractivity contribution in [2.75, 3.05) is 26.2 Å². The summed E-state index contributed by atoms with van der Waals surface area (Å²) in [6.07, 6.45) is 0. The lowest BCUT2D eigenvalue weighted by molar-refractivity contribution is 0.377. The third kappa shape index (κ3) is 6.98. The number of hydrogen-bond acceptors (Lipinski definition) is 4. The van der Waals surface area contributed by atoms with E-state index in [2.05, 4.69) is 21.1 Å². The Morgan fingerprint density at radius 1 is 0.649 bits per heavy atom. The van der Waals surface area contributed by atoms with Crippen LogP contribution in [0.25, 0.3) is 0 Å². The van der Waals surface area contributed by atoms with Crippen LogP contribution in [0.2, 0.25) is 0 Å². The zero-order chi connectivity index (χ0) is 27.7. The molecule has 13 heteroatoms. The van der Waals surface area contributed by atoms with E-state index in [1.165, 1.54) is 12.1 Å². The summed E-state index contributed by atoms with van der Waals surface area (Å²) in [5, 5.41) is 8.46. The molecule has 0 bridgehead atoms. The third-order valence-electron chi connectivity index (χ3n) is 5.35. The Morgan fingerprint density at radius 2 is 1.03 bits per heavy atom. The number of nitrogens with zero attached hydrogens (tertiary/aromatic N) is 4. The lowest BCUT2D eigenvalue weighted by Gasteiger charge is -2.22. The van der Waals surface area contributed by atoms with Crippen molar-refractivity contribution in [1.29, 1.82) is 0 Å². The average molecular weight is 559 g/mol. The quantitative estimate of drug-likeness (QED) is 0.114. The van der Waals surface area contributed by atoms with Gasteiger partial charge in [0.15, 0.2) is 33.5 Å². The summed E-state index contributed by atoms with van der Waals surface area (Å²) in [5.74, 6) is -10.7. The second kappa shape index (κ2) is 13.9. The maximum atomic E-state index is 15.0. The smallest absolute Gasteiger partial charge is 0.200 e. The highest BCUT2D eigenvalue weighted by Gasteiger charge is 2.31. The fraction of sp³-hybridized carbons (Fsp3) is 0.333. The Balaban J connectivity index is 2.82. The molecule has 6 nitrogen and oxygen atoms in total. The number of nitrogens with one attached hydrogen (secondary N) is 2. The normalized spacial score (nSPS) is 11.8. The largest absolute Gasteiger partial charge is 0.348 e. The van der Waals surface area contributed by atoms with Crippen LogP contribution >= 0.6 is 24.4 Å². The molecule has 37 heavy (non-hydrogen) atoms. The van der Waals surface area contributed by atoms with Gasteiger partial charge in [0.1, 0.15) is 11.4 Å². The first-order valence-corrected chi connectivity index (χ1v) is 12.3. The molecule has 2 aromatic rings. The number of benzene rings is 2. The van der Waals surface area contributed by atoms with Gasteiger partial charge in [0.2, 0.25) is 5.82 Å². The zero-order valence-corrected chi connectivity index (χ0v) is 22.3. The summed E-state index contributed by atoms with van der Waals surface area (Å²) >= 11 is 10.6. The van der Waals surface area contributed by atoms with Gasteiger partial charge in [-0.25, -0.2) is 22.0 Å². The van der Waals surface area contributed by atoms with E-state index < -0.39 is 40.4 Å².